The van der Waals surface area contributed by atoms with Crippen LogP contribution < -0.4 is 4.74 Å². The quantitative estimate of drug-likeness (QED) is 0.740. The molecule has 0 spiro atoms. The Morgan fingerprint density at radius 3 is 2.41 bits per heavy atom. The Balaban J connectivity index is 2.04. The standard InChI is InChI=1S/C18H28N2O2/c1-5-19(4)14(3)18(21)20(16-9-10-16)13-15-7-11-17(12-8-15)22-6-2/h7-8,11-12,14,16H,5-6,9-10,13H2,1-4H3/t14-/m0/s1. The highest BCUT2D eigenvalue weighted by atomic mass is 16.5. The van der Waals surface area contributed by atoms with E-state index in [-0.39, 0.29) is 11.9 Å². The first kappa shape index (κ1) is 16.8. The first-order valence-corrected chi connectivity index (χ1v) is 8.29. The highest BCUT2D eigenvalue weighted by molar-refractivity contribution is 5.82. The van der Waals surface area contributed by atoms with Crippen LogP contribution in [0.4, 0.5) is 0 Å². The van der Waals surface area contributed by atoms with Gasteiger partial charge in [0.2, 0.25) is 5.91 Å². The van der Waals surface area contributed by atoms with Crippen LogP contribution in [0, 0.1) is 0 Å². The predicted octanol–water partition coefficient (Wildman–Crippen LogP) is 2.92. The Labute approximate surface area is 134 Å². The van der Waals surface area contributed by atoms with E-state index in [0.29, 0.717) is 19.2 Å². The first-order valence-electron chi connectivity index (χ1n) is 8.29. The maximum Gasteiger partial charge on any atom is 0.240 e. The number of amides is 1. The molecule has 1 aliphatic rings. The minimum absolute atomic E-state index is 0.0618. The molecule has 2 rings (SSSR count). The number of ether oxygens (including phenoxy) is 1. The fraction of sp³-hybridized carbons (Fsp3) is 0.611. The van der Waals surface area contributed by atoms with E-state index in [0.717, 1.165) is 30.7 Å². The summed E-state index contributed by atoms with van der Waals surface area (Å²) in [5.41, 5.74) is 1.16. The summed E-state index contributed by atoms with van der Waals surface area (Å²) in [6.07, 6.45) is 2.26. The maximum atomic E-state index is 12.8. The molecule has 1 aromatic carbocycles. The smallest absolute Gasteiger partial charge is 0.240 e. The number of rotatable bonds is 8. The van der Waals surface area contributed by atoms with Crippen molar-refractivity contribution in [1.29, 1.82) is 0 Å². The van der Waals surface area contributed by atoms with Crippen molar-refractivity contribution >= 4 is 5.91 Å². The molecule has 0 heterocycles. The molecular formula is C18H28N2O2. The van der Waals surface area contributed by atoms with Crippen LogP contribution in [0.1, 0.15) is 39.2 Å². The summed E-state index contributed by atoms with van der Waals surface area (Å²) < 4.78 is 5.47. The van der Waals surface area contributed by atoms with Gasteiger partial charge in [0, 0.05) is 12.6 Å². The number of carbonyl (C=O) groups is 1. The van der Waals surface area contributed by atoms with Gasteiger partial charge in [0.1, 0.15) is 5.75 Å². The van der Waals surface area contributed by atoms with E-state index in [1.807, 2.05) is 37.9 Å². The third kappa shape index (κ3) is 4.23. The van der Waals surface area contributed by atoms with Crippen LogP contribution in [0.15, 0.2) is 24.3 Å². The van der Waals surface area contributed by atoms with Crippen molar-refractivity contribution in [2.75, 3.05) is 20.2 Å². The summed E-state index contributed by atoms with van der Waals surface area (Å²) in [6, 6.07) is 8.44. The molecule has 4 heteroatoms. The summed E-state index contributed by atoms with van der Waals surface area (Å²) in [4.78, 5) is 16.9. The molecule has 1 aromatic rings. The van der Waals surface area contributed by atoms with Crippen molar-refractivity contribution in [2.24, 2.45) is 0 Å². The lowest BCUT2D eigenvalue weighted by Crippen LogP contribution is -2.46. The second-order valence-corrected chi connectivity index (χ2v) is 6.02. The third-order valence-corrected chi connectivity index (χ3v) is 4.38. The van der Waals surface area contributed by atoms with Gasteiger partial charge in [0.05, 0.1) is 12.6 Å². The maximum absolute atomic E-state index is 12.8. The number of hydrogen-bond donors (Lipinski definition) is 0. The zero-order chi connectivity index (χ0) is 16.1. The minimum atomic E-state index is -0.0618. The molecule has 0 unspecified atom stereocenters. The fourth-order valence-electron chi connectivity index (χ4n) is 2.53. The molecular weight excluding hydrogens is 276 g/mol. The molecule has 0 N–H and O–H groups in total. The van der Waals surface area contributed by atoms with Gasteiger partial charge in [-0.2, -0.15) is 0 Å². The van der Waals surface area contributed by atoms with Crippen LogP contribution in [0.3, 0.4) is 0 Å². The summed E-state index contributed by atoms with van der Waals surface area (Å²) in [5.74, 6) is 1.12. The van der Waals surface area contributed by atoms with Gasteiger partial charge in [0.15, 0.2) is 0 Å². The van der Waals surface area contributed by atoms with Crippen LogP contribution in [0.25, 0.3) is 0 Å². The van der Waals surface area contributed by atoms with Crippen molar-refractivity contribution in [3.63, 3.8) is 0 Å². The van der Waals surface area contributed by atoms with E-state index in [9.17, 15) is 4.79 Å². The molecule has 0 radical (unpaired) electrons. The Kier molecular flexibility index (Phi) is 5.83. The summed E-state index contributed by atoms with van der Waals surface area (Å²) >= 11 is 0. The van der Waals surface area contributed by atoms with Crippen LogP contribution in [-0.2, 0) is 11.3 Å². The molecule has 1 saturated carbocycles. The number of hydrogen-bond acceptors (Lipinski definition) is 3. The van der Waals surface area contributed by atoms with E-state index in [2.05, 4.69) is 24.0 Å². The lowest BCUT2D eigenvalue weighted by molar-refractivity contribution is -0.137. The third-order valence-electron chi connectivity index (χ3n) is 4.38. The van der Waals surface area contributed by atoms with Gasteiger partial charge in [-0.3, -0.25) is 9.69 Å². The van der Waals surface area contributed by atoms with Gasteiger partial charge in [-0.05, 0) is 58.0 Å². The topological polar surface area (TPSA) is 32.8 Å². The number of likely N-dealkylation sites (N-methyl/N-ethyl adjacent to an activating group) is 1. The molecule has 0 bridgehead atoms. The largest absolute Gasteiger partial charge is 0.494 e. The van der Waals surface area contributed by atoms with Gasteiger partial charge in [-0.1, -0.05) is 19.1 Å². The first-order chi connectivity index (χ1) is 10.6. The molecule has 0 aliphatic heterocycles. The second-order valence-electron chi connectivity index (χ2n) is 6.02. The molecule has 0 saturated heterocycles. The van der Waals surface area contributed by atoms with Crippen LogP contribution >= 0.6 is 0 Å². The highest BCUT2D eigenvalue weighted by Gasteiger charge is 2.35. The van der Waals surface area contributed by atoms with Crippen molar-refractivity contribution in [2.45, 2.75) is 52.2 Å². The number of carbonyl (C=O) groups excluding carboxylic acids is 1. The van der Waals surface area contributed by atoms with Gasteiger partial charge in [-0.15, -0.1) is 0 Å². The molecule has 22 heavy (non-hydrogen) atoms. The second kappa shape index (κ2) is 7.63. The van der Waals surface area contributed by atoms with E-state index < -0.39 is 0 Å². The van der Waals surface area contributed by atoms with Crippen molar-refractivity contribution in [1.82, 2.24) is 9.80 Å². The van der Waals surface area contributed by atoms with Crippen LogP contribution in [-0.4, -0.2) is 48.0 Å². The minimum Gasteiger partial charge on any atom is -0.494 e. The normalized spacial score (nSPS) is 15.7. The zero-order valence-electron chi connectivity index (χ0n) is 14.2. The predicted molar refractivity (Wildman–Crippen MR) is 88.9 cm³/mol. The monoisotopic (exact) mass is 304 g/mol. The van der Waals surface area contributed by atoms with E-state index in [1.54, 1.807) is 0 Å². The summed E-state index contributed by atoms with van der Waals surface area (Å²) in [7, 11) is 2.00. The van der Waals surface area contributed by atoms with Gasteiger partial charge in [0.25, 0.3) is 0 Å². The van der Waals surface area contributed by atoms with E-state index in [4.69, 9.17) is 4.74 Å². The Morgan fingerprint density at radius 1 is 1.27 bits per heavy atom. The van der Waals surface area contributed by atoms with Crippen molar-refractivity contribution in [3.05, 3.63) is 29.8 Å². The molecule has 1 atom stereocenters. The van der Waals surface area contributed by atoms with Crippen molar-refractivity contribution < 1.29 is 9.53 Å². The average Bonchev–Trinajstić information content (AvgIpc) is 3.37. The Morgan fingerprint density at radius 2 is 1.91 bits per heavy atom. The van der Waals surface area contributed by atoms with Crippen LogP contribution in [0.5, 0.6) is 5.75 Å². The molecule has 1 amide bonds. The summed E-state index contributed by atoms with van der Waals surface area (Å²) in [5, 5.41) is 0. The fourth-order valence-corrected chi connectivity index (χ4v) is 2.53. The lowest BCUT2D eigenvalue weighted by Gasteiger charge is -2.30. The molecule has 122 valence electrons. The molecule has 0 aromatic heterocycles. The van der Waals surface area contributed by atoms with Gasteiger partial charge >= 0.3 is 0 Å². The lowest BCUT2D eigenvalue weighted by atomic mass is 10.1. The SMILES string of the molecule is CCOc1ccc(CN(C(=O)[C@H](C)N(C)CC)C2CC2)cc1. The average molecular weight is 304 g/mol. The molecule has 1 fully saturated rings. The van der Waals surface area contributed by atoms with E-state index in [1.165, 1.54) is 0 Å². The Hall–Kier alpha value is -1.55. The highest BCUT2D eigenvalue weighted by Crippen LogP contribution is 2.29. The Bertz CT molecular complexity index is 482. The number of benzene rings is 1. The van der Waals surface area contributed by atoms with Crippen molar-refractivity contribution in [3.8, 4) is 5.75 Å². The number of nitrogens with zero attached hydrogens (tertiary/aromatic N) is 2. The van der Waals surface area contributed by atoms with E-state index >= 15 is 0 Å². The van der Waals surface area contributed by atoms with Gasteiger partial charge < -0.3 is 9.64 Å². The molecule has 1 aliphatic carbocycles. The molecule has 4 nitrogen and oxygen atoms in total. The zero-order valence-corrected chi connectivity index (χ0v) is 14.2. The summed E-state index contributed by atoms with van der Waals surface area (Å²) in [6.45, 7) is 8.31. The van der Waals surface area contributed by atoms with Crippen LogP contribution in [0.2, 0.25) is 0 Å². The van der Waals surface area contributed by atoms with Gasteiger partial charge in [-0.25, -0.2) is 0 Å².